The molecule has 2 heterocycles. The van der Waals surface area contributed by atoms with Gasteiger partial charge in [-0.25, -0.2) is 0 Å². The van der Waals surface area contributed by atoms with Crippen LogP contribution in [0.5, 0.6) is 0 Å². The fourth-order valence-corrected chi connectivity index (χ4v) is 2.56. The van der Waals surface area contributed by atoms with Gasteiger partial charge < -0.3 is 9.52 Å². The van der Waals surface area contributed by atoms with Crippen LogP contribution in [0.15, 0.2) is 21.9 Å². The lowest BCUT2D eigenvalue weighted by Crippen LogP contribution is -2.31. The number of carboxylic acid groups (broad SMARTS) is 1. The van der Waals surface area contributed by atoms with Crippen molar-refractivity contribution < 1.29 is 14.3 Å². The second kappa shape index (κ2) is 5.10. The summed E-state index contributed by atoms with van der Waals surface area (Å²) in [6.07, 6.45) is 2.08. The van der Waals surface area contributed by atoms with Gasteiger partial charge in [0, 0.05) is 6.04 Å². The van der Waals surface area contributed by atoms with Crippen LogP contribution in [0, 0.1) is 0 Å². The Bertz CT molecular complexity index is 563. The normalized spacial score (nSPS) is 15.0. The van der Waals surface area contributed by atoms with Crippen LogP contribution < -0.4 is 0 Å². The Hall–Kier alpha value is -1.73. The van der Waals surface area contributed by atoms with E-state index in [1.54, 1.807) is 0 Å². The summed E-state index contributed by atoms with van der Waals surface area (Å²) in [6, 6.07) is 4.18. The van der Waals surface area contributed by atoms with E-state index < -0.39 is 5.97 Å². The summed E-state index contributed by atoms with van der Waals surface area (Å²) in [5, 5.41) is 18.8. The largest absolute Gasteiger partial charge is 0.480 e. The Morgan fingerprint density at radius 2 is 2.37 bits per heavy atom. The third-order valence-corrected chi connectivity index (χ3v) is 3.80. The number of carboxylic acids is 1. The quantitative estimate of drug-likeness (QED) is 0.869. The van der Waals surface area contributed by atoms with Crippen LogP contribution in [0.4, 0.5) is 0 Å². The average molecular weight is 279 g/mol. The molecule has 0 radical (unpaired) electrons. The van der Waals surface area contributed by atoms with Gasteiger partial charge in [-0.2, -0.15) is 0 Å². The smallest absolute Gasteiger partial charge is 0.317 e. The zero-order valence-electron chi connectivity index (χ0n) is 10.2. The van der Waals surface area contributed by atoms with E-state index in [9.17, 15) is 4.79 Å². The molecule has 0 saturated heterocycles. The molecule has 6 nitrogen and oxygen atoms in total. The summed E-state index contributed by atoms with van der Waals surface area (Å²) in [4.78, 5) is 13.6. The summed E-state index contributed by atoms with van der Waals surface area (Å²) in [6.45, 7) is 0.413. The molecule has 0 spiro atoms. The maximum atomic E-state index is 10.8. The first-order valence-electron chi connectivity index (χ1n) is 6.04. The average Bonchev–Trinajstić information content (AvgIpc) is 2.89. The van der Waals surface area contributed by atoms with Gasteiger partial charge in [-0.1, -0.05) is 6.07 Å². The third-order valence-electron chi connectivity index (χ3n) is 2.94. The highest BCUT2D eigenvalue weighted by molar-refractivity contribution is 7.13. The summed E-state index contributed by atoms with van der Waals surface area (Å²) in [5.74, 6) is 0.137. The van der Waals surface area contributed by atoms with Gasteiger partial charge >= 0.3 is 5.97 Å². The minimum absolute atomic E-state index is 0.0153. The van der Waals surface area contributed by atoms with Crippen LogP contribution in [0.3, 0.4) is 0 Å². The van der Waals surface area contributed by atoms with Gasteiger partial charge in [-0.3, -0.25) is 9.69 Å². The van der Waals surface area contributed by atoms with Gasteiger partial charge in [-0.05, 0) is 24.3 Å². The number of hydrogen-bond donors (Lipinski definition) is 1. The monoisotopic (exact) mass is 279 g/mol. The molecule has 19 heavy (non-hydrogen) atoms. The number of nitrogens with zero attached hydrogens (tertiary/aromatic N) is 3. The molecule has 2 aromatic heterocycles. The van der Waals surface area contributed by atoms with E-state index in [1.165, 1.54) is 11.3 Å². The zero-order chi connectivity index (χ0) is 13.2. The number of rotatable bonds is 6. The van der Waals surface area contributed by atoms with Crippen molar-refractivity contribution in [1.29, 1.82) is 0 Å². The summed E-state index contributed by atoms with van der Waals surface area (Å²) < 4.78 is 5.57. The number of thiophene rings is 1. The van der Waals surface area contributed by atoms with Gasteiger partial charge in [0.15, 0.2) is 0 Å². The maximum absolute atomic E-state index is 10.8. The van der Waals surface area contributed by atoms with Crippen molar-refractivity contribution in [3.8, 4) is 10.8 Å². The van der Waals surface area contributed by atoms with Crippen molar-refractivity contribution in [2.45, 2.75) is 25.4 Å². The molecule has 0 atom stereocenters. The number of aliphatic carboxylic acids is 1. The summed E-state index contributed by atoms with van der Waals surface area (Å²) in [7, 11) is 0. The van der Waals surface area contributed by atoms with Crippen LogP contribution in [0.2, 0.25) is 0 Å². The Morgan fingerprint density at radius 3 is 3.00 bits per heavy atom. The zero-order valence-corrected chi connectivity index (χ0v) is 11.0. The van der Waals surface area contributed by atoms with E-state index in [4.69, 9.17) is 9.52 Å². The molecule has 3 rings (SSSR count). The molecule has 1 fully saturated rings. The molecule has 0 aliphatic heterocycles. The van der Waals surface area contributed by atoms with Crippen LogP contribution in [0.25, 0.3) is 10.8 Å². The van der Waals surface area contributed by atoms with Crippen molar-refractivity contribution in [1.82, 2.24) is 15.1 Å². The Labute approximate surface area is 113 Å². The minimum Gasteiger partial charge on any atom is -0.480 e. The highest BCUT2D eigenvalue weighted by Crippen LogP contribution is 2.29. The van der Waals surface area contributed by atoms with Crippen LogP contribution in [-0.4, -0.2) is 38.8 Å². The fraction of sp³-hybridized carbons (Fsp3) is 0.417. The second-order valence-corrected chi connectivity index (χ2v) is 5.46. The number of hydrogen-bond acceptors (Lipinski definition) is 6. The molecule has 1 N–H and O–H groups in total. The third kappa shape index (κ3) is 2.99. The van der Waals surface area contributed by atoms with Crippen LogP contribution in [0.1, 0.15) is 18.7 Å². The predicted molar refractivity (Wildman–Crippen MR) is 68.7 cm³/mol. The molecular weight excluding hydrogens is 266 g/mol. The lowest BCUT2D eigenvalue weighted by Gasteiger charge is -2.16. The van der Waals surface area contributed by atoms with E-state index in [2.05, 4.69) is 10.2 Å². The molecule has 1 aliphatic carbocycles. The summed E-state index contributed by atoms with van der Waals surface area (Å²) >= 11 is 1.53. The molecule has 100 valence electrons. The fourth-order valence-electron chi connectivity index (χ4n) is 1.92. The molecule has 2 aromatic rings. The standard InChI is InChI=1S/C12H13N3O3S/c16-11(17)7-15(8-3-4-8)6-10-13-14-12(18-10)9-2-1-5-19-9/h1-2,5,8H,3-4,6-7H2,(H,16,17). The molecule has 0 aromatic carbocycles. The SMILES string of the molecule is O=C(O)CN(Cc1nnc(-c2cccs2)o1)C1CC1. The number of aromatic nitrogens is 2. The topological polar surface area (TPSA) is 79.5 Å². The molecule has 1 aliphatic rings. The van der Waals surface area contributed by atoms with Crippen molar-refractivity contribution in [3.05, 3.63) is 23.4 Å². The van der Waals surface area contributed by atoms with Gasteiger partial charge in [-0.15, -0.1) is 21.5 Å². The number of carbonyl (C=O) groups is 1. The first kappa shape index (κ1) is 12.3. The Balaban J connectivity index is 1.70. The molecular formula is C12H13N3O3S. The van der Waals surface area contributed by atoms with Gasteiger partial charge in [0.1, 0.15) is 0 Å². The summed E-state index contributed by atoms with van der Waals surface area (Å²) in [5.41, 5.74) is 0. The van der Waals surface area contributed by atoms with Crippen molar-refractivity contribution >= 4 is 17.3 Å². The molecule has 0 amide bonds. The lowest BCUT2D eigenvalue weighted by molar-refractivity contribution is -0.138. The van der Waals surface area contributed by atoms with E-state index in [-0.39, 0.29) is 6.54 Å². The first-order chi connectivity index (χ1) is 9.22. The van der Waals surface area contributed by atoms with Crippen molar-refractivity contribution in [3.63, 3.8) is 0 Å². The highest BCUT2D eigenvalue weighted by atomic mass is 32.1. The Kier molecular flexibility index (Phi) is 3.31. The van der Waals surface area contributed by atoms with E-state index in [0.29, 0.717) is 24.4 Å². The van der Waals surface area contributed by atoms with Gasteiger partial charge in [0.25, 0.3) is 5.89 Å². The Morgan fingerprint density at radius 1 is 1.53 bits per heavy atom. The predicted octanol–water partition coefficient (Wildman–Crippen LogP) is 1.85. The van der Waals surface area contributed by atoms with E-state index in [1.807, 2.05) is 22.4 Å². The molecule has 0 bridgehead atoms. The van der Waals surface area contributed by atoms with Crippen molar-refractivity contribution in [2.75, 3.05) is 6.54 Å². The van der Waals surface area contributed by atoms with Gasteiger partial charge in [0.05, 0.1) is 18.0 Å². The van der Waals surface area contributed by atoms with Crippen molar-refractivity contribution in [2.24, 2.45) is 0 Å². The van der Waals surface area contributed by atoms with E-state index >= 15 is 0 Å². The van der Waals surface area contributed by atoms with E-state index in [0.717, 1.165) is 17.7 Å². The molecule has 1 saturated carbocycles. The lowest BCUT2D eigenvalue weighted by atomic mass is 10.4. The molecule has 0 unspecified atom stereocenters. The van der Waals surface area contributed by atoms with Gasteiger partial charge in [0.2, 0.25) is 5.89 Å². The maximum Gasteiger partial charge on any atom is 0.317 e. The minimum atomic E-state index is -0.829. The first-order valence-corrected chi connectivity index (χ1v) is 6.92. The molecule has 7 heteroatoms. The van der Waals surface area contributed by atoms with Crippen LogP contribution >= 0.6 is 11.3 Å². The van der Waals surface area contributed by atoms with Crippen LogP contribution in [-0.2, 0) is 11.3 Å². The highest BCUT2D eigenvalue weighted by Gasteiger charge is 2.31. The second-order valence-electron chi connectivity index (χ2n) is 4.51.